The van der Waals surface area contributed by atoms with Gasteiger partial charge in [-0.2, -0.15) is 10.4 Å². The van der Waals surface area contributed by atoms with E-state index in [9.17, 15) is 9.59 Å². The van der Waals surface area contributed by atoms with Gasteiger partial charge in [0, 0.05) is 18.6 Å². The first kappa shape index (κ1) is 13.6. The molecule has 22 heavy (non-hydrogen) atoms. The fraction of sp³-hybridized carbons (Fsp3) is 0.0625. The lowest BCUT2D eigenvalue weighted by molar-refractivity contribution is -0.113. The normalized spacial score (nSPS) is 10.4. The molecule has 0 amide bonds. The van der Waals surface area contributed by atoms with Gasteiger partial charge in [-0.15, -0.1) is 0 Å². The molecule has 0 spiro atoms. The molecular formula is C16H10N4O2. The summed E-state index contributed by atoms with van der Waals surface area (Å²) in [6, 6.07) is 12.1. The van der Waals surface area contributed by atoms with Gasteiger partial charge in [-0.1, -0.05) is 12.1 Å². The molecule has 0 fully saturated rings. The van der Waals surface area contributed by atoms with E-state index in [4.69, 9.17) is 5.26 Å². The lowest BCUT2D eigenvalue weighted by atomic mass is 10.1. The Hall–Kier alpha value is -3.33. The van der Waals surface area contributed by atoms with Gasteiger partial charge in [-0.05, 0) is 18.2 Å². The summed E-state index contributed by atoms with van der Waals surface area (Å²) >= 11 is 0. The van der Waals surface area contributed by atoms with E-state index in [1.54, 1.807) is 41.0 Å². The van der Waals surface area contributed by atoms with Crippen LogP contribution >= 0.6 is 0 Å². The highest BCUT2D eigenvalue weighted by atomic mass is 16.2. The number of hydrogen-bond acceptors (Lipinski definition) is 5. The maximum Gasteiger partial charge on any atom is 0.246 e. The fourth-order valence-electron chi connectivity index (χ4n) is 2.13. The Labute approximate surface area is 125 Å². The quantitative estimate of drug-likeness (QED) is 0.544. The van der Waals surface area contributed by atoms with E-state index in [0.29, 0.717) is 16.9 Å². The first-order valence-corrected chi connectivity index (χ1v) is 6.51. The Bertz CT molecular complexity index is 933. The minimum Gasteiger partial charge on any atom is -0.291 e. The van der Waals surface area contributed by atoms with Crippen molar-refractivity contribution in [2.45, 2.75) is 6.92 Å². The number of Topliss-reactive ketones (excluding diaryl/α,β-unsaturated/α-hetero) is 2. The molecule has 2 aromatic heterocycles. The van der Waals surface area contributed by atoms with Crippen molar-refractivity contribution >= 4 is 17.2 Å². The highest BCUT2D eigenvalue weighted by Gasteiger charge is 2.17. The molecule has 0 saturated carbocycles. The number of fused-ring (bicyclic) bond motifs is 1. The summed E-state index contributed by atoms with van der Waals surface area (Å²) in [6.45, 7) is 1.21. The van der Waals surface area contributed by atoms with Crippen molar-refractivity contribution in [2.75, 3.05) is 0 Å². The smallest absolute Gasteiger partial charge is 0.246 e. The van der Waals surface area contributed by atoms with Gasteiger partial charge in [-0.3, -0.25) is 9.59 Å². The van der Waals surface area contributed by atoms with Crippen LogP contribution in [-0.4, -0.2) is 26.2 Å². The molecule has 3 aromatic rings. The maximum absolute atomic E-state index is 11.9. The molecule has 2 heterocycles. The molecule has 0 N–H and O–H groups in total. The third-order valence-corrected chi connectivity index (χ3v) is 3.22. The van der Waals surface area contributed by atoms with Gasteiger partial charge >= 0.3 is 0 Å². The van der Waals surface area contributed by atoms with E-state index < -0.39 is 11.6 Å². The van der Waals surface area contributed by atoms with Gasteiger partial charge in [0.05, 0.1) is 23.5 Å². The molecule has 6 heteroatoms. The number of carbonyl (C=O) groups excluding carboxylic acids is 2. The van der Waals surface area contributed by atoms with E-state index in [1.807, 2.05) is 6.07 Å². The fourth-order valence-corrected chi connectivity index (χ4v) is 2.13. The van der Waals surface area contributed by atoms with E-state index >= 15 is 0 Å². The third kappa shape index (κ3) is 2.25. The van der Waals surface area contributed by atoms with Crippen LogP contribution in [-0.2, 0) is 4.79 Å². The summed E-state index contributed by atoms with van der Waals surface area (Å²) in [7, 11) is 0. The molecule has 0 aliphatic rings. The minimum absolute atomic E-state index is 0.0832. The Morgan fingerprint density at radius 1 is 1.18 bits per heavy atom. The van der Waals surface area contributed by atoms with E-state index in [-0.39, 0.29) is 5.69 Å². The van der Waals surface area contributed by atoms with Crippen molar-refractivity contribution < 1.29 is 9.59 Å². The number of ketones is 2. The van der Waals surface area contributed by atoms with Crippen LogP contribution < -0.4 is 0 Å². The summed E-state index contributed by atoms with van der Waals surface area (Å²) in [6.07, 6.45) is 1.57. The first-order valence-electron chi connectivity index (χ1n) is 6.51. The number of benzene rings is 1. The second kappa shape index (κ2) is 5.22. The Kier molecular flexibility index (Phi) is 3.24. The molecule has 0 aliphatic heterocycles. The topological polar surface area (TPSA) is 88.1 Å². The average molecular weight is 290 g/mol. The number of nitriles is 1. The van der Waals surface area contributed by atoms with Crippen molar-refractivity contribution in [3.05, 3.63) is 53.9 Å². The van der Waals surface area contributed by atoms with Crippen LogP contribution in [0.2, 0.25) is 0 Å². The standard InChI is InChI=1S/C16H10N4O2/c1-10(21)16(22)13-8-14(20-15(19-13)6-7-18-20)12-4-2-11(9-17)3-5-12/h2-8H,1H3. The van der Waals surface area contributed by atoms with Gasteiger partial charge in [0.1, 0.15) is 5.69 Å². The highest BCUT2D eigenvalue weighted by molar-refractivity contribution is 6.42. The molecule has 0 aliphatic carbocycles. The molecule has 0 saturated heterocycles. The SMILES string of the molecule is CC(=O)C(=O)c1cc(-c2ccc(C#N)cc2)n2nccc2n1. The van der Waals surface area contributed by atoms with Crippen molar-refractivity contribution in [1.82, 2.24) is 14.6 Å². The monoisotopic (exact) mass is 290 g/mol. The summed E-state index contributed by atoms with van der Waals surface area (Å²) in [4.78, 5) is 27.4. The van der Waals surface area contributed by atoms with Crippen LogP contribution in [0.4, 0.5) is 0 Å². The zero-order chi connectivity index (χ0) is 15.7. The number of carbonyl (C=O) groups is 2. The predicted octanol–water partition coefficient (Wildman–Crippen LogP) is 2.04. The molecule has 0 bridgehead atoms. The van der Waals surface area contributed by atoms with Crippen LogP contribution in [0.3, 0.4) is 0 Å². The van der Waals surface area contributed by atoms with Crippen LogP contribution in [0.25, 0.3) is 16.9 Å². The summed E-state index contributed by atoms with van der Waals surface area (Å²) in [5.41, 5.74) is 2.50. The van der Waals surface area contributed by atoms with Crippen LogP contribution in [0.5, 0.6) is 0 Å². The van der Waals surface area contributed by atoms with E-state index in [2.05, 4.69) is 10.1 Å². The molecular weight excluding hydrogens is 280 g/mol. The number of hydrogen-bond donors (Lipinski definition) is 0. The molecule has 1 aromatic carbocycles. The van der Waals surface area contributed by atoms with Gasteiger partial charge in [0.25, 0.3) is 0 Å². The largest absolute Gasteiger partial charge is 0.291 e. The van der Waals surface area contributed by atoms with Crippen LogP contribution in [0, 0.1) is 11.3 Å². The third-order valence-electron chi connectivity index (χ3n) is 3.22. The van der Waals surface area contributed by atoms with E-state index in [1.165, 1.54) is 13.0 Å². The predicted molar refractivity (Wildman–Crippen MR) is 78.1 cm³/mol. The molecule has 0 radical (unpaired) electrons. The molecule has 0 atom stereocenters. The highest BCUT2D eigenvalue weighted by Crippen LogP contribution is 2.21. The lowest BCUT2D eigenvalue weighted by Gasteiger charge is -2.07. The molecule has 0 unspecified atom stereocenters. The average Bonchev–Trinajstić information content (AvgIpc) is 3.01. The molecule has 3 rings (SSSR count). The first-order chi connectivity index (χ1) is 10.6. The number of nitrogens with zero attached hydrogens (tertiary/aromatic N) is 4. The molecule has 106 valence electrons. The Morgan fingerprint density at radius 2 is 1.91 bits per heavy atom. The number of aromatic nitrogens is 3. The zero-order valence-electron chi connectivity index (χ0n) is 11.6. The maximum atomic E-state index is 11.9. The van der Waals surface area contributed by atoms with Gasteiger partial charge in [0.15, 0.2) is 5.65 Å². The van der Waals surface area contributed by atoms with Gasteiger partial charge < -0.3 is 0 Å². The summed E-state index contributed by atoms with van der Waals surface area (Å²) < 4.78 is 1.58. The second-order valence-corrected chi connectivity index (χ2v) is 4.70. The van der Waals surface area contributed by atoms with Crippen molar-refractivity contribution in [3.63, 3.8) is 0 Å². The summed E-state index contributed by atoms with van der Waals surface area (Å²) in [5.74, 6) is -1.21. The minimum atomic E-state index is -0.640. The van der Waals surface area contributed by atoms with Crippen molar-refractivity contribution in [3.8, 4) is 17.3 Å². The lowest BCUT2D eigenvalue weighted by Crippen LogP contribution is -2.13. The van der Waals surface area contributed by atoms with Crippen LogP contribution in [0.15, 0.2) is 42.6 Å². The molecule has 6 nitrogen and oxygen atoms in total. The summed E-state index contributed by atoms with van der Waals surface area (Å²) in [5, 5.41) is 13.0. The van der Waals surface area contributed by atoms with E-state index in [0.717, 1.165) is 5.56 Å². The van der Waals surface area contributed by atoms with Crippen LogP contribution in [0.1, 0.15) is 23.0 Å². The van der Waals surface area contributed by atoms with Gasteiger partial charge in [-0.25, -0.2) is 9.50 Å². The zero-order valence-corrected chi connectivity index (χ0v) is 11.6. The van der Waals surface area contributed by atoms with Gasteiger partial charge in [0.2, 0.25) is 11.6 Å². The van der Waals surface area contributed by atoms with Crippen molar-refractivity contribution in [1.29, 1.82) is 5.26 Å². The second-order valence-electron chi connectivity index (χ2n) is 4.70. The number of rotatable bonds is 3. The Morgan fingerprint density at radius 3 is 2.55 bits per heavy atom. The Balaban J connectivity index is 2.22. The van der Waals surface area contributed by atoms with Crippen molar-refractivity contribution in [2.24, 2.45) is 0 Å².